The molecular weight excluding hydrogens is 617 g/mol. The molecular formula is C30H39N4O3S2Y-. The van der Waals surface area contributed by atoms with Gasteiger partial charge in [0.05, 0.1) is 18.4 Å². The Morgan fingerprint density at radius 2 is 1.85 bits per heavy atom. The third kappa shape index (κ3) is 8.77. The Hall–Kier alpha value is -1.46. The standard InChI is InChI=1S/C30H39N4O3S2.Y/c1-32(21-25-24(22-35)8-5-9-27(25)34-17-14-31-15-18-34)26(23-12-13-28(36-3)29(20-23)37-4)10-6-16-33(2)39-30-11-7-19-38-30;/h5,7-9,11-13,19-20,22,26H,6,10,14-18,21H2,1-4H3;/q-1;. The molecule has 0 aliphatic carbocycles. The largest absolute Gasteiger partial charge is 0.659 e. The van der Waals surface area contributed by atoms with Gasteiger partial charge in [-0.05, 0) is 92.7 Å². The molecule has 0 bridgehead atoms. The van der Waals surface area contributed by atoms with Crippen LogP contribution >= 0.6 is 23.3 Å². The number of benzene rings is 2. The smallest absolute Gasteiger partial charge is 0.161 e. The zero-order valence-electron chi connectivity index (χ0n) is 23.9. The van der Waals surface area contributed by atoms with E-state index in [2.05, 4.69) is 69.2 Å². The van der Waals surface area contributed by atoms with Crippen LogP contribution in [0.25, 0.3) is 5.32 Å². The molecule has 2 heterocycles. The van der Waals surface area contributed by atoms with Gasteiger partial charge in [-0.1, -0.05) is 24.3 Å². The van der Waals surface area contributed by atoms with Crippen LogP contribution in [0.4, 0.5) is 5.69 Å². The quantitative estimate of drug-likeness (QED) is 0.148. The van der Waals surface area contributed by atoms with Crippen molar-refractivity contribution in [2.24, 2.45) is 0 Å². The Bertz CT molecular complexity index is 1190. The summed E-state index contributed by atoms with van der Waals surface area (Å²) in [6, 6.07) is 16.6. The maximum Gasteiger partial charge on any atom is 0.161 e. The SMILES string of the molecule is COc1ccc(C(CCCN(C)Sc2cccs2)N(C)Cc2c(C=O)cccc2N2CC[N-]CC2)cc1OC.[Y]. The van der Waals surface area contributed by atoms with Crippen molar-refractivity contribution < 1.29 is 47.0 Å². The van der Waals surface area contributed by atoms with Crippen LogP contribution in [0.3, 0.4) is 0 Å². The summed E-state index contributed by atoms with van der Waals surface area (Å²) in [6.45, 7) is 5.04. The minimum atomic E-state index is 0. The van der Waals surface area contributed by atoms with Crippen LogP contribution in [-0.4, -0.2) is 76.5 Å². The van der Waals surface area contributed by atoms with E-state index in [1.54, 1.807) is 37.5 Å². The Morgan fingerprint density at radius 1 is 1.07 bits per heavy atom. The van der Waals surface area contributed by atoms with Gasteiger partial charge in [-0.25, -0.2) is 4.31 Å². The topological polar surface area (TPSA) is 59.4 Å². The Morgan fingerprint density at radius 3 is 2.52 bits per heavy atom. The average molecular weight is 657 g/mol. The van der Waals surface area contributed by atoms with Crippen LogP contribution in [0, 0.1) is 0 Å². The molecule has 1 aliphatic heterocycles. The third-order valence-electron chi connectivity index (χ3n) is 7.13. The second-order valence-corrected chi connectivity index (χ2v) is 12.1. The number of ether oxygens (including phenoxy) is 2. The van der Waals surface area contributed by atoms with E-state index in [0.29, 0.717) is 6.54 Å². The number of rotatable bonds is 14. The van der Waals surface area contributed by atoms with Crippen LogP contribution in [0.15, 0.2) is 58.1 Å². The molecule has 1 unspecified atom stereocenters. The van der Waals surface area contributed by atoms with Crippen molar-refractivity contribution in [1.29, 1.82) is 0 Å². The van der Waals surface area contributed by atoms with E-state index in [9.17, 15) is 4.79 Å². The maximum atomic E-state index is 12.1. The average Bonchev–Trinajstić information content (AvgIpc) is 3.48. The predicted molar refractivity (Wildman–Crippen MR) is 163 cm³/mol. The molecule has 213 valence electrons. The first-order chi connectivity index (χ1) is 19.0. The normalized spacial score (nSPS) is 14.2. The molecule has 10 heteroatoms. The molecule has 2 aromatic carbocycles. The van der Waals surface area contributed by atoms with Gasteiger partial charge >= 0.3 is 0 Å². The molecule has 0 saturated carbocycles. The van der Waals surface area contributed by atoms with Gasteiger partial charge in [0.2, 0.25) is 0 Å². The molecule has 40 heavy (non-hydrogen) atoms. The molecule has 7 nitrogen and oxygen atoms in total. The number of carbonyl (C=O) groups is 1. The van der Waals surface area contributed by atoms with E-state index in [4.69, 9.17) is 9.47 Å². The van der Waals surface area contributed by atoms with Crippen LogP contribution < -0.4 is 14.4 Å². The van der Waals surface area contributed by atoms with Gasteiger partial charge in [0.1, 0.15) is 6.29 Å². The van der Waals surface area contributed by atoms with E-state index in [0.717, 1.165) is 80.2 Å². The molecule has 1 aliphatic rings. The maximum absolute atomic E-state index is 12.1. The van der Waals surface area contributed by atoms with E-state index in [1.807, 2.05) is 18.2 Å². The molecule has 4 rings (SSSR count). The summed E-state index contributed by atoms with van der Waals surface area (Å²) in [5.74, 6) is 1.45. The first-order valence-corrected chi connectivity index (χ1v) is 15.0. The number of carbonyl (C=O) groups excluding carboxylic acids is 1. The molecule has 1 radical (unpaired) electrons. The van der Waals surface area contributed by atoms with Crippen molar-refractivity contribution in [3.05, 3.63) is 75.9 Å². The van der Waals surface area contributed by atoms with E-state index < -0.39 is 0 Å². The fraction of sp³-hybridized carbons (Fsp3) is 0.433. The van der Waals surface area contributed by atoms with Gasteiger partial charge < -0.3 is 19.7 Å². The summed E-state index contributed by atoms with van der Waals surface area (Å²) in [5.41, 5.74) is 4.14. The van der Waals surface area contributed by atoms with Crippen molar-refractivity contribution in [3.8, 4) is 11.5 Å². The number of hydrogen-bond donors (Lipinski definition) is 0. The summed E-state index contributed by atoms with van der Waals surface area (Å²) < 4.78 is 14.8. The fourth-order valence-electron chi connectivity index (χ4n) is 5.10. The van der Waals surface area contributed by atoms with Crippen molar-refractivity contribution in [2.75, 3.05) is 65.9 Å². The molecule has 0 amide bonds. The molecule has 1 aromatic heterocycles. The number of piperazine rings is 1. The van der Waals surface area contributed by atoms with Crippen LogP contribution in [0.2, 0.25) is 0 Å². The van der Waals surface area contributed by atoms with Crippen LogP contribution in [0.1, 0.15) is 40.4 Å². The van der Waals surface area contributed by atoms with Crippen molar-refractivity contribution in [1.82, 2.24) is 9.21 Å². The molecule has 3 aromatic rings. The summed E-state index contributed by atoms with van der Waals surface area (Å²) in [6.07, 6.45) is 2.97. The number of hydrogen-bond acceptors (Lipinski definition) is 8. The summed E-state index contributed by atoms with van der Waals surface area (Å²) in [4.78, 5) is 16.9. The van der Waals surface area contributed by atoms with Crippen molar-refractivity contribution >= 4 is 35.3 Å². The second-order valence-electron chi connectivity index (χ2n) is 9.68. The fourth-order valence-corrected chi connectivity index (χ4v) is 6.94. The van der Waals surface area contributed by atoms with E-state index in [-0.39, 0.29) is 38.8 Å². The zero-order valence-corrected chi connectivity index (χ0v) is 28.4. The van der Waals surface area contributed by atoms with Gasteiger partial charge in [-0.15, -0.1) is 24.4 Å². The van der Waals surface area contributed by atoms with Crippen molar-refractivity contribution in [3.63, 3.8) is 0 Å². The first-order valence-electron chi connectivity index (χ1n) is 13.3. The van der Waals surface area contributed by atoms with Crippen LogP contribution in [-0.2, 0) is 39.3 Å². The number of methoxy groups -OCH3 is 2. The monoisotopic (exact) mass is 656 g/mol. The molecule has 0 spiro atoms. The second kappa shape index (κ2) is 16.9. The molecule has 0 N–H and O–H groups in total. The van der Waals surface area contributed by atoms with E-state index in [1.165, 1.54) is 9.77 Å². The summed E-state index contributed by atoms with van der Waals surface area (Å²) >= 11 is 3.56. The number of anilines is 1. The third-order valence-corrected chi connectivity index (χ3v) is 9.12. The zero-order chi connectivity index (χ0) is 27.6. The Kier molecular flexibility index (Phi) is 13.9. The Labute approximate surface area is 272 Å². The van der Waals surface area contributed by atoms with Gasteiger partial charge in [0.15, 0.2) is 11.5 Å². The Balaban J connectivity index is 0.00000441. The van der Waals surface area contributed by atoms with E-state index >= 15 is 0 Å². The molecule has 1 fully saturated rings. The van der Waals surface area contributed by atoms with Crippen LogP contribution in [0.5, 0.6) is 11.5 Å². The van der Waals surface area contributed by atoms with Gasteiger partial charge in [0, 0.05) is 63.1 Å². The molecule has 1 atom stereocenters. The van der Waals surface area contributed by atoms with Gasteiger partial charge in [0.25, 0.3) is 0 Å². The number of nitrogens with zero attached hydrogens (tertiary/aromatic N) is 4. The summed E-state index contributed by atoms with van der Waals surface area (Å²) in [7, 11) is 7.64. The van der Waals surface area contributed by atoms with Gasteiger partial charge in [-0.3, -0.25) is 9.69 Å². The number of aldehydes is 1. The number of thiophene rings is 1. The predicted octanol–water partition coefficient (Wildman–Crippen LogP) is 6.36. The first kappa shape index (κ1) is 33.1. The summed E-state index contributed by atoms with van der Waals surface area (Å²) in [5, 5.41) is 6.62. The minimum absolute atomic E-state index is 0. The van der Waals surface area contributed by atoms with Gasteiger partial charge in [-0.2, -0.15) is 0 Å². The van der Waals surface area contributed by atoms with Crippen molar-refractivity contribution in [2.45, 2.75) is 29.6 Å². The molecule has 1 saturated heterocycles. The minimum Gasteiger partial charge on any atom is -0.659 e.